The molecule has 0 saturated carbocycles. The molecule has 0 unspecified atom stereocenters. The van der Waals surface area contributed by atoms with Crippen LogP contribution in [0.5, 0.6) is 5.75 Å². The van der Waals surface area contributed by atoms with Crippen molar-refractivity contribution in [2.45, 2.75) is 31.8 Å². The van der Waals surface area contributed by atoms with Gasteiger partial charge in [0.25, 0.3) is 5.91 Å². The van der Waals surface area contributed by atoms with E-state index in [1.165, 1.54) is 0 Å². The lowest BCUT2D eigenvalue weighted by atomic mass is 9.92. The van der Waals surface area contributed by atoms with Gasteiger partial charge < -0.3 is 15.4 Å². The van der Waals surface area contributed by atoms with Crippen molar-refractivity contribution < 1.29 is 9.53 Å². The van der Waals surface area contributed by atoms with Gasteiger partial charge in [0.2, 0.25) is 0 Å². The third kappa shape index (κ3) is 4.65. The fourth-order valence-electron chi connectivity index (χ4n) is 3.79. The number of rotatable bonds is 7. The van der Waals surface area contributed by atoms with Crippen LogP contribution in [0.3, 0.4) is 0 Å². The van der Waals surface area contributed by atoms with E-state index in [0.29, 0.717) is 18.8 Å². The minimum atomic E-state index is -0.210. The summed E-state index contributed by atoms with van der Waals surface area (Å²) in [6, 6.07) is 13.4. The highest BCUT2D eigenvalue weighted by molar-refractivity contribution is 5.93. The Morgan fingerprint density at radius 3 is 2.87 bits per heavy atom. The van der Waals surface area contributed by atoms with Crippen molar-refractivity contribution in [2.75, 3.05) is 20.2 Å². The van der Waals surface area contributed by atoms with Crippen LogP contribution in [0, 0.1) is 0 Å². The maximum Gasteiger partial charge on any atom is 0.274 e. The van der Waals surface area contributed by atoms with Crippen LogP contribution in [-0.4, -0.2) is 46.1 Å². The smallest absolute Gasteiger partial charge is 0.274 e. The first-order valence-corrected chi connectivity index (χ1v) is 10.2. The summed E-state index contributed by atoms with van der Waals surface area (Å²) in [7, 11) is 1.63. The molecule has 156 valence electrons. The quantitative estimate of drug-likeness (QED) is 0.624. The van der Waals surface area contributed by atoms with Crippen molar-refractivity contribution in [3.8, 4) is 5.75 Å². The van der Waals surface area contributed by atoms with Gasteiger partial charge in [-0.2, -0.15) is 0 Å². The molecule has 0 atom stereocenters. The Morgan fingerprint density at radius 1 is 1.23 bits per heavy atom. The van der Waals surface area contributed by atoms with Crippen LogP contribution in [0.25, 0.3) is 0 Å². The molecule has 1 saturated heterocycles. The van der Waals surface area contributed by atoms with Crippen molar-refractivity contribution >= 4 is 5.91 Å². The van der Waals surface area contributed by atoms with Crippen LogP contribution in [0.2, 0.25) is 0 Å². The average molecular weight is 406 g/mol. The minimum Gasteiger partial charge on any atom is -0.497 e. The third-order valence-corrected chi connectivity index (χ3v) is 5.34. The van der Waals surface area contributed by atoms with Gasteiger partial charge in [-0.15, -0.1) is 5.10 Å². The highest BCUT2D eigenvalue weighted by Gasteiger charge is 2.28. The number of aromatic nitrogens is 4. The lowest BCUT2D eigenvalue weighted by Crippen LogP contribution is -2.30. The van der Waals surface area contributed by atoms with Gasteiger partial charge in [0.05, 0.1) is 25.0 Å². The number of piperidine rings is 1. The first kappa shape index (κ1) is 20.0. The van der Waals surface area contributed by atoms with E-state index >= 15 is 0 Å². The standard InChI is InChI=1S/C22H26N6O2/c1-30-19-7-4-5-16(13-19)14-25-22(29)20-21(17-8-11-23-12-9-17)28(27-26-20)15-18-6-2-3-10-24-18/h2-7,10,13,17,23H,8-9,11-12,14-15H2,1H3,(H,25,29). The van der Waals surface area contributed by atoms with Gasteiger partial charge in [0, 0.05) is 18.7 Å². The molecular weight excluding hydrogens is 380 g/mol. The summed E-state index contributed by atoms with van der Waals surface area (Å²) in [4.78, 5) is 17.4. The number of benzene rings is 1. The normalized spacial score (nSPS) is 14.4. The van der Waals surface area contributed by atoms with E-state index in [0.717, 1.165) is 48.6 Å². The summed E-state index contributed by atoms with van der Waals surface area (Å²) in [5, 5.41) is 14.9. The first-order chi connectivity index (χ1) is 14.7. The van der Waals surface area contributed by atoms with E-state index in [2.05, 4.69) is 25.9 Å². The predicted molar refractivity (Wildman–Crippen MR) is 112 cm³/mol. The Bertz CT molecular complexity index is 982. The number of carbonyl (C=O) groups is 1. The zero-order chi connectivity index (χ0) is 20.8. The first-order valence-electron chi connectivity index (χ1n) is 10.2. The molecule has 1 amide bonds. The van der Waals surface area contributed by atoms with Crippen LogP contribution < -0.4 is 15.4 Å². The Morgan fingerprint density at radius 2 is 2.10 bits per heavy atom. The van der Waals surface area contributed by atoms with Gasteiger partial charge in [-0.25, -0.2) is 4.68 Å². The van der Waals surface area contributed by atoms with Gasteiger partial charge in [0.1, 0.15) is 5.75 Å². The third-order valence-electron chi connectivity index (χ3n) is 5.34. The molecular formula is C22H26N6O2. The molecule has 1 fully saturated rings. The summed E-state index contributed by atoms with van der Waals surface area (Å²) in [6.45, 7) is 2.74. The number of pyridine rings is 1. The molecule has 3 aromatic rings. The van der Waals surface area contributed by atoms with Gasteiger partial charge in [0.15, 0.2) is 5.69 Å². The van der Waals surface area contributed by atoms with Crippen molar-refractivity contribution in [3.05, 3.63) is 71.3 Å². The molecule has 8 nitrogen and oxygen atoms in total. The second-order valence-electron chi connectivity index (χ2n) is 7.36. The zero-order valence-corrected chi connectivity index (χ0v) is 17.0. The molecule has 0 bridgehead atoms. The number of nitrogens with one attached hydrogen (secondary N) is 2. The molecule has 0 aliphatic carbocycles. The lowest BCUT2D eigenvalue weighted by molar-refractivity contribution is 0.0944. The number of methoxy groups -OCH3 is 1. The maximum absolute atomic E-state index is 13.0. The second kappa shape index (κ2) is 9.49. The molecule has 4 rings (SSSR count). The second-order valence-corrected chi connectivity index (χ2v) is 7.36. The average Bonchev–Trinajstić information content (AvgIpc) is 3.22. The van der Waals surface area contributed by atoms with Crippen molar-refractivity contribution in [1.29, 1.82) is 0 Å². The maximum atomic E-state index is 13.0. The fraction of sp³-hybridized carbons (Fsp3) is 0.364. The molecule has 2 N–H and O–H groups in total. The van der Waals surface area contributed by atoms with Crippen LogP contribution in [0.4, 0.5) is 0 Å². The Kier molecular flexibility index (Phi) is 6.34. The van der Waals surface area contributed by atoms with E-state index in [4.69, 9.17) is 4.74 Å². The van der Waals surface area contributed by atoms with Crippen molar-refractivity contribution in [2.24, 2.45) is 0 Å². The van der Waals surface area contributed by atoms with Crippen LogP contribution in [0.15, 0.2) is 48.7 Å². The fourth-order valence-corrected chi connectivity index (χ4v) is 3.79. The number of nitrogens with zero attached hydrogens (tertiary/aromatic N) is 4. The highest BCUT2D eigenvalue weighted by atomic mass is 16.5. The molecule has 0 spiro atoms. The summed E-state index contributed by atoms with van der Waals surface area (Å²) in [5.74, 6) is 0.791. The number of hydrogen-bond acceptors (Lipinski definition) is 6. The van der Waals surface area contributed by atoms with Crippen LogP contribution in [-0.2, 0) is 13.1 Å². The minimum absolute atomic E-state index is 0.210. The molecule has 1 aliphatic rings. The Labute approximate surface area is 175 Å². The molecule has 3 heterocycles. The zero-order valence-electron chi connectivity index (χ0n) is 17.0. The molecule has 1 aromatic carbocycles. The lowest BCUT2D eigenvalue weighted by Gasteiger charge is -2.23. The molecule has 0 radical (unpaired) electrons. The predicted octanol–water partition coefficient (Wildman–Crippen LogP) is 2.13. The number of amides is 1. The van der Waals surface area contributed by atoms with Gasteiger partial charge in [-0.1, -0.05) is 23.4 Å². The van der Waals surface area contributed by atoms with E-state index < -0.39 is 0 Å². The molecule has 2 aromatic heterocycles. The van der Waals surface area contributed by atoms with Gasteiger partial charge in [-0.05, 0) is 55.8 Å². The van der Waals surface area contributed by atoms with Gasteiger partial charge >= 0.3 is 0 Å². The van der Waals surface area contributed by atoms with E-state index in [1.807, 2.05) is 47.1 Å². The Hall–Kier alpha value is -3.26. The SMILES string of the molecule is COc1cccc(CNC(=O)c2nnn(Cc3ccccn3)c2C2CCNCC2)c1. The summed E-state index contributed by atoms with van der Waals surface area (Å²) >= 11 is 0. The highest BCUT2D eigenvalue weighted by Crippen LogP contribution is 2.27. The van der Waals surface area contributed by atoms with Crippen molar-refractivity contribution in [3.63, 3.8) is 0 Å². The van der Waals surface area contributed by atoms with E-state index in [9.17, 15) is 4.79 Å². The van der Waals surface area contributed by atoms with Crippen LogP contribution in [0.1, 0.15) is 46.2 Å². The van der Waals surface area contributed by atoms with Crippen LogP contribution >= 0.6 is 0 Å². The number of hydrogen-bond donors (Lipinski definition) is 2. The van der Waals surface area contributed by atoms with E-state index in [1.54, 1.807) is 13.3 Å². The summed E-state index contributed by atoms with van der Waals surface area (Å²) < 4.78 is 7.09. The Balaban J connectivity index is 1.55. The molecule has 8 heteroatoms. The summed E-state index contributed by atoms with van der Waals surface area (Å²) in [6.07, 6.45) is 3.66. The number of carbonyl (C=O) groups excluding carboxylic acids is 1. The van der Waals surface area contributed by atoms with Crippen molar-refractivity contribution in [1.82, 2.24) is 30.6 Å². The monoisotopic (exact) mass is 406 g/mol. The largest absolute Gasteiger partial charge is 0.497 e. The topological polar surface area (TPSA) is 94.0 Å². The number of ether oxygens (including phenoxy) is 1. The van der Waals surface area contributed by atoms with E-state index in [-0.39, 0.29) is 11.8 Å². The molecule has 1 aliphatic heterocycles. The molecule has 30 heavy (non-hydrogen) atoms. The van der Waals surface area contributed by atoms with Gasteiger partial charge in [-0.3, -0.25) is 9.78 Å². The summed E-state index contributed by atoms with van der Waals surface area (Å²) in [5.41, 5.74) is 3.15.